The number of likely N-dealkylation sites (N-methyl/N-ethyl adjacent to an activating group) is 1. The second-order valence-electron chi connectivity index (χ2n) is 4.39. The van der Waals surface area contributed by atoms with Crippen molar-refractivity contribution in [3.63, 3.8) is 0 Å². The summed E-state index contributed by atoms with van der Waals surface area (Å²) in [5, 5.41) is 0. The van der Waals surface area contributed by atoms with E-state index in [1.165, 1.54) is 0 Å². The van der Waals surface area contributed by atoms with Crippen LogP contribution in [0.25, 0.3) is 11.0 Å². The molecule has 1 heterocycles. The summed E-state index contributed by atoms with van der Waals surface area (Å²) in [5.41, 5.74) is 1.66. The number of carbonyl (C=O) groups excluding carboxylic acids is 1. The minimum absolute atomic E-state index is 0.00137. The predicted octanol–water partition coefficient (Wildman–Crippen LogP) is 1.87. The van der Waals surface area contributed by atoms with Crippen LogP contribution in [-0.2, 0) is 17.2 Å². The number of imidazole rings is 1. The summed E-state index contributed by atoms with van der Waals surface area (Å²) < 4.78 is 7.00. The van der Waals surface area contributed by atoms with Gasteiger partial charge in [-0.15, -0.1) is 11.6 Å². The highest BCUT2D eigenvalue weighted by atomic mass is 35.5. The normalized spacial score (nSPS) is 10.7. The van der Waals surface area contributed by atoms with Gasteiger partial charge in [0.2, 0.25) is 5.91 Å². The molecule has 2 aromatic rings. The third-order valence-electron chi connectivity index (χ3n) is 2.95. The molecule has 19 heavy (non-hydrogen) atoms. The molecule has 2 rings (SSSR count). The topological polar surface area (TPSA) is 47.4 Å². The zero-order chi connectivity index (χ0) is 14.0. The van der Waals surface area contributed by atoms with E-state index in [-0.39, 0.29) is 18.3 Å². The van der Waals surface area contributed by atoms with Crippen molar-refractivity contribution in [1.29, 1.82) is 0 Å². The average molecular weight is 282 g/mol. The maximum atomic E-state index is 11.9. The number of halogens is 1. The number of rotatable bonds is 4. The molecule has 0 saturated heterocycles. The molecule has 0 aliphatic heterocycles. The number of hydrogen-bond acceptors (Lipinski definition) is 3. The second kappa shape index (κ2) is 5.48. The maximum absolute atomic E-state index is 11.9. The minimum atomic E-state index is 0.00137. The number of fused-ring (bicyclic) bond motifs is 1. The summed E-state index contributed by atoms with van der Waals surface area (Å²) in [6.07, 6.45) is 0. The highest BCUT2D eigenvalue weighted by Gasteiger charge is 2.14. The van der Waals surface area contributed by atoms with Gasteiger partial charge in [0.05, 0.1) is 24.0 Å². The first-order valence-electron chi connectivity index (χ1n) is 5.86. The molecule has 0 saturated carbocycles. The zero-order valence-corrected chi connectivity index (χ0v) is 11.9. The number of hydrogen-bond donors (Lipinski definition) is 0. The van der Waals surface area contributed by atoms with Crippen LogP contribution < -0.4 is 4.74 Å². The molecule has 0 bridgehead atoms. The molecule has 1 aromatic heterocycles. The van der Waals surface area contributed by atoms with Gasteiger partial charge in [0.15, 0.2) is 0 Å². The van der Waals surface area contributed by atoms with Gasteiger partial charge in [0.25, 0.3) is 0 Å². The number of amides is 1. The molecule has 1 amide bonds. The van der Waals surface area contributed by atoms with Crippen molar-refractivity contribution in [3.8, 4) is 5.75 Å². The third kappa shape index (κ3) is 2.66. The van der Waals surface area contributed by atoms with Crippen molar-refractivity contribution < 1.29 is 9.53 Å². The molecule has 0 N–H and O–H groups in total. The lowest BCUT2D eigenvalue weighted by Crippen LogP contribution is -2.26. The molecule has 102 valence electrons. The van der Waals surface area contributed by atoms with Gasteiger partial charge in [-0.05, 0) is 12.1 Å². The van der Waals surface area contributed by atoms with E-state index in [0.717, 1.165) is 16.8 Å². The molecule has 0 radical (unpaired) electrons. The largest absolute Gasteiger partial charge is 0.497 e. The lowest BCUT2D eigenvalue weighted by atomic mass is 10.3. The molecule has 0 aliphatic rings. The van der Waals surface area contributed by atoms with Gasteiger partial charge in [-0.3, -0.25) is 4.79 Å². The SMILES string of the molecule is COc1ccc2c(c1)nc(CCl)n2CC(=O)N(C)C. The van der Waals surface area contributed by atoms with Gasteiger partial charge in [-0.25, -0.2) is 4.98 Å². The van der Waals surface area contributed by atoms with Gasteiger partial charge in [0.1, 0.15) is 18.1 Å². The Morgan fingerprint density at radius 1 is 1.47 bits per heavy atom. The highest BCUT2D eigenvalue weighted by molar-refractivity contribution is 6.16. The second-order valence-corrected chi connectivity index (χ2v) is 4.66. The van der Waals surface area contributed by atoms with E-state index in [1.807, 2.05) is 22.8 Å². The Morgan fingerprint density at radius 2 is 2.21 bits per heavy atom. The summed E-state index contributed by atoms with van der Waals surface area (Å²) in [6, 6.07) is 5.57. The number of carbonyl (C=O) groups is 1. The minimum Gasteiger partial charge on any atom is -0.497 e. The van der Waals surface area contributed by atoms with Crippen LogP contribution in [0.5, 0.6) is 5.75 Å². The third-order valence-corrected chi connectivity index (χ3v) is 3.19. The Morgan fingerprint density at radius 3 is 2.79 bits per heavy atom. The number of aromatic nitrogens is 2. The van der Waals surface area contributed by atoms with Crippen LogP contribution >= 0.6 is 11.6 Å². The number of methoxy groups -OCH3 is 1. The molecule has 0 fully saturated rings. The van der Waals surface area contributed by atoms with E-state index in [1.54, 1.807) is 26.1 Å². The Kier molecular flexibility index (Phi) is 3.95. The average Bonchev–Trinajstić information content (AvgIpc) is 2.75. The van der Waals surface area contributed by atoms with E-state index in [2.05, 4.69) is 4.98 Å². The standard InChI is InChI=1S/C13H16ClN3O2/c1-16(2)13(18)8-17-11-5-4-9(19-3)6-10(11)15-12(17)7-14/h4-6H,7-8H2,1-3H3. The van der Waals surface area contributed by atoms with Gasteiger partial charge in [0, 0.05) is 20.2 Å². The first kappa shape index (κ1) is 13.7. The van der Waals surface area contributed by atoms with Crippen molar-refractivity contribution in [1.82, 2.24) is 14.5 Å². The molecule has 5 nitrogen and oxygen atoms in total. The first-order valence-corrected chi connectivity index (χ1v) is 6.39. The molecular formula is C13H16ClN3O2. The Hall–Kier alpha value is -1.75. The molecule has 0 spiro atoms. The van der Waals surface area contributed by atoms with Crippen LogP contribution in [0.4, 0.5) is 0 Å². The van der Waals surface area contributed by atoms with E-state index < -0.39 is 0 Å². The maximum Gasteiger partial charge on any atom is 0.242 e. The van der Waals surface area contributed by atoms with Crippen molar-refractivity contribution in [3.05, 3.63) is 24.0 Å². The number of nitrogens with zero attached hydrogens (tertiary/aromatic N) is 3. The Labute approximate surface area is 116 Å². The van der Waals surface area contributed by atoms with E-state index in [9.17, 15) is 4.79 Å². The lowest BCUT2D eigenvalue weighted by Gasteiger charge is -2.12. The van der Waals surface area contributed by atoms with Crippen LogP contribution in [0.1, 0.15) is 5.82 Å². The fourth-order valence-electron chi connectivity index (χ4n) is 1.84. The van der Waals surface area contributed by atoms with Gasteiger partial charge in [-0.2, -0.15) is 0 Å². The van der Waals surface area contributed by atoms with Crippen LogP contribution in [0.15, 0.2) is 18.2 Å². The molecular weight excluding hydrogens is 266 g/mol. The zero-order valence-electron chi connectivity index (χ0n) is 11.2. The summed E-state index contributed by atoms with van der Waals surface area (Å²) in [7, 11) is 5.06. The molecule has 0 atom stereocenters. The number of benzene rings is 1. The van der Waals surface area contributed by atoms with Gasteiger partial charge < -0.3 is 14.2 Å². The van der Waals surface area contributed by atoms with Crippen LogP contribution in [-0.4, -0.2) is 41.6 Å². The first-order chi connectivity index (χ1) is 9.06. The van der Waals surface area contributed by atoms with Crippen LogP contribution in [0, 0.1) is 0 Å². The number of ether oxygens (including phenoxy) is 1. The Bertz CT molecular complexity index is 607. The van der Waals surface area contributed by atoms with E-state index in [4.69, 9.17) is 16.3 Å². The summed E-state index contributed by atoms with van der Waals surface area (Å²) in [4.78, 5) is 17.8. The van der Waals surface area contributed by atoms with E-state index >= 15 is 0 Å². The van der Waals surface area contributed by atoms with Gasteiger partial charge >= 0.3 is 0 Å². The fraction of sp³-hybridized carbons (Fsp3) is 0.385. The lowest BCUT2D eigenvalue weighted by molar-refractivity contribution is -0.129. The smallest absolute Gasteiger partial charge is 0.242 e. The molecule has 6 heteroatoms. The van der Waals surface area contributed by atoms with E-state index in [0.29, 0.717) is 5.82 Å². The summed E-state index contributed by atoms with van der Waals surface area (Å²) >= 11 is 5.90. The monoisotopic (exact) mass is 281 g/mol. The van der Waals surface area contributed by atoms with Crippen molar-refractivity contribution >= 4 is 28.5 Å². The number of alkyl halides is 1. The molecule has 0 unspecified atom stereocenters. The van der Waals surface area contributed by atoms with Crippen molar-refractivity contribution in [2.45, 2.75) is 12.4 Å². The van der Waals surface area contributed by atoms with Crippen molar-refractivity contribution in [2.24, 2.45) is 0 Å². The summed E-state index contributed by atoms with van der Waals surface area (Å²) in [5.74, 6) is 1.68. The molecule has 1 aromatic carbocycles. The Balaban J connectivity index is 2.48. The van der Waals surface area contributed by atoms with Crippen molar-refractivity contribution in [2.75, 3.05) is 21.2 Å². The quantitative estimate of drug-likeness (QED) is 0.804. The van der Waals surface area contributed by atoms with Crippen LogP contribution in [0.2, 0.25) is 0 Å². The van der Waals surface area contributed by atoms with Crippen LogP contribution in [0.3, 0.4) is 0 Å². The highest BCUT2D eigenvalue weighted by Crippen LogP contribution is 2.22. The predicted molar refractivity (Wildman–Crippen MR) is 74.5 cm³/mol. The summed E-state index contributed by atoms with van der Waals surface area (Å²) in [6.45, 7) is 0.234. The fourth-order valence-corrected chi connectivity index (χ4v) is 2.05. The molecule has 0 aliphatic carbocycles. The van der Waals surface area contributed by atoms with Gasteiger partial charge in [-0.1, -0.05) is 0 Å².